The Balaban J connectivity index is 1.15. The molecule has 2 aromatic carbocycles. The standard InChI is InChI=1S/C21H18N2O4S3/c24-19(10-25-15-4-1-13(2-5-15)20-28-7-8-29-20)23-21-22-16(11-30-21)14-3-6-17-18(9-14)27-12-26-17/h1-6,9,11,20H,7-8,10,12H2,(H,22,23,24). The molecule has 1 aromatic heterocycles. The van der Waals surface area contributed by atoms with Gasteiger partial charge in [0.1, 0.15) is 5.75 Å². The summed E-state index contributed by atoms with van der Waals surface area (Å²) in [6, 6.07) is 13.6. The number of amides is 1. The van der Waals surface area contributed by atoms with Crippen molar-refractivity contribution in [2.45, 2.75) is 4.58 Å². The molecule has 0 aliphatic carbocycles. The summed E-state index contributed by atoms with van der Waals surface area (Å²) in [7, 11) is 0. The summed E-state index contributed by atoms with van der Waals surface area (Å²) < 4.78 is 16.9. The predicted octanol–water partition coefficient (Wildman–Crippen LogP) is 5.03. The zero-order chi connectivity index (χ0) is 20.3. The maximum atomic E-state index is 12.2. The predicted molar refractivity (Wildman–Crippen MR) is 122 cm³/mol. The van der Waals surface area contributed by atoms with E-state index in [-0.39, 0.29) is 19.3 Å². The van der Waals surface area contributed by atoms with Crippen molar-refractivity contribution in [2.75, 3.05) is 30.2 Å². The number of benzene rings is 2. The van der Waals surface area contributed by atoms with Crippen LogP contribution < -0.4 is 19.5 Å². The van der Waals surface area contributed by atoms with Crippen LogP contribution in [0.2, 0.25) is 0 Å². The lowest BCUT2D eigenvalue weighted by molar-refractivity contribution is -0.118. The van der Waals surface area contributed by atoms with Gasteiger partial charge in [-0.25, -0.2) is 4.98 Å². The summed E-state index contributed by atoms with van der Waals surface area (Å²) in [5.74, 6) is 4.26. The summed E-state index contributed by atoms with van der Waals surface area (Å²) in [6.07, 6.45) is 0. The zero-order valence-corrected chi connectivity index (χ0v) is 18.3. The van der Waals surface area contributed by atoms with E-state index in [0.717, 1.165) is 17.0 Å². The highest BCUT2D eigenvalue weighted by molar-refractivity contribution is 8.19. The first-order valence-electron chi connectivity index (χ1n) is 9.36. The molecule has 0 spiro atoms. The number of ether oxygens (including phenoxy) is 3. The van der Waals surface area contributed by atoms with Gasteiger partial charge in [0.2, 0.25) is 6.79 Å². The Morgan fingerprint density at radius 2 is 1.90 bits per heavy atom. The molecule has 1 saturated heterocycles. The number of hydrogen-bond donors (Lipinski definition) is 1. The van der Waals surface area contributed by atoms with Crippen LogP contribution in [0.1, 0.15) is 10.1 Å². The van der Waals surface area contributed by atoms with Crippen molar-refractivity contribution in [3.8, 4) is 28.5 Å². The fourth-order valence-electron chi connectivity index (χ4n) is 3.10. The van der Waals surface area contributed by atoms with E-state index < -0.39 is 0 Å². The van der Waals surface area contributed by atoms with Crippen molar-refractivity contribution >= 4 is 45.9 Å². The van der Waals surface area contributed by atoms with E-state index in [1.54, 1.807) is 0 Å². The molecular formula is C21H18N2O4S3. The molecule has 0 bridgehead atoms. The van der Waals surface area contributed by atoms with Gasteiger partial charge in [0.05, 0.1) is 10.3 Å². The van der Waals surface area contributed by atoms with Gasteiger partial charge < -0.3 is 14.2 Å². The fourth-order valence-corrected chi connectivity index (χ4v) is 6.69. The highest BCUT2D eigenvalue weighted by atomic mass is 32.2. The lowest BCUT2D eigenvalue weighted by Gasteiger charge is -2.10. The Morgan fingerprint density at radius 1 is 1.10 bits per heavy atom. The van der Waals surface area contributed by atoms with E-state index in [1.807, 2.05) is 59.2 Å². The molecule has 6 nitrogen and oxygen atoms in total. The summed E-state index contributed by atoms with van der Waals surface area (Å²) in [5.41, 5.74) is 2.97. The first-order chi connectivity index (χ1) is 14.7. The molecule has 1 fully saturated rings. The molecule has 3 heterocycles. The van der Waals surface area contributed by atoms with E-state index in [1.165, 1.54) is 28.4 Å². The van der Waals surface area contributed by atoms with Gasteiger partial charge in [0.25, 0.3) is 5.91 Å². The number of carbonyl (C=O) groups is 1. The first-order valence-corrected chi connectivity index (χ1v) is 12.3. The number of carbonyl (C=O) groups excluding carboxylic acids is 1. The average molecular weight is 459 g/mol. The molecule has 9 heteroatoms. The quantitative estimate of drug-likeness (QED) is 0.555. The van der Waals surface area contributed by atoms with Crippen LogP contribution in [-0.2, 0) is 4.79 Å². The number of thiazole rings is 1. The number of nitrogens with zero attached hydrogens (tertiary/aromatic N) is 1. The molecule has 2 aliphatic rings. The molecule has 30 heavy (non-hydrogen) atoms. The molecular weight excluding hydrogens is 440 g/mol. The van der Waals surface area contributed by atoms with Crippen molar-refractivity contribution in [1.29, 1.82) is 0 Å². The zero-order valence-electron chi connectivity index (χ0n) is 15.8. The lowest BCUT2D eigenvalue weighted by Crippen LogP contribution is -2.20. The molecule has 0 radical (unpaired) electrons. The topological polar surface area (TPSA) is 69.7 Å². The number of aromatic nitrogens is 1. The smallest absolute Gasteiger partial charge is 0.264 e. The van der Waals surface area contributed by atoms with Crippen LogP contribution in [0.15, 0.2) is 47.8 Å². The maximum absolute atomic E-state index is 12.2. The minimum atomic E-state index is -0.243. The summed E-state index contributed by atoms with van der Waals surface area (Å²) in [5, 5.41) is 5.22. The molecule has 0 unspecified atom stereocenters. The van der Waals surface area contributed by atoms with Crippen LogP contribution >= 0.6 is 34.9 Å². The Labute approximate surface area is 186 Å². The van der Waals surface area contributed by atoms with Crippen LogP contribution in [-0.4, -0.2) is 35.8 Å². The van der Waals surface area contributed by atoms with Gasteiger partial charge in [0, 0.05) is 22.4 Å². The molecule has 0 saturated carbocycles. The minimum Gasteiger partial charge on any atom is -0.484 e. The lowest BCUT2D eigenvalue weighted by atomic mass is 10.1. The monoisotopic (exact) mass is 458 g/mol. The normalized spacial score (nSPS) is 15.3. The Bertz CT molecular complexity index is 1050. The third-order valence-electron chi connectivity index (χ3n) is 4.56. The largest absolute Gasteiger partial charge is 0.484 e. The van der Waals surface area contributed by atoms with Crippen molar-refractivity contribution in [2.24, 2.45) is 0 Å². The van der Waals surface area contributed by atoms with Crippen LogP contribution in [0, 0.1) is 0 Å². The van der Waals surface area contributed by atoms with E-state index in [0.29, 0.717) is 21.2 Å². The second-order valence-electron chi connectivity index (χ2n) is 6.59. The fraction of sp³-hybridized carbons (Fsp3) is 0.238. The Kier molecular flexibility index (Phi) is 5.74. The summed E-state index contributed by atoms with van der Waals surface area (Å²) in [4.78, 5) is 16.7. The van der Waals surface area contributed by atoms with Crippen molar-refractivity contribution in [3.05, 3.63) is 53.4 Å². The first kappa shape index (κ1) is 19.6. The SMILES string of the molecule is O=C(COc1ccc(C2SCCS2)cc1)Nc1nc(-c2ccc3c(c2)OCO3)cs1. The average Bonchev–Trinajstić information content (AvgIpc) is 3.53. The van der Waals surface area contributed by atoms with Crippen LogP contribution in [0.4, 0.5) is 5.13 Å². The highest BCUT2D eigenvalue weighted by Crippen LogP contribution is 2.45. The molecule has 0 atom stereocenters. The number of rotatable bonds is 6. The van der Waals surface area contributed by atoms with Gasteiger partial charge in [-0.3, -0.25) is 10.1 Å². The Morgan fingerprint density at radius 3 is 2.73 bits per heavy atom. The number of anilines is 1. The van der Waals surface area contributed by atoms with E-state index >= 15 is 0 Å². The molecule has 154 valence electrons. The summed E-state index contributed by atoms with van der Waals surface area (Å²) in [6.45, 7) is 0.170. The van der Waals surface area contributed by atoms with Crippen molar-refractivity contribution in [1.82, 2.24) is 4.98 Å². The van der Waals surface area contributed by atoms with Crippen LogP contribution in [0.3, 0.4) is 0 Å². The molecule has 2 aliphatic heterocycles. The Hall–Kier alpha value is -2.36. The molecule has 1 amide bonds. The molecule has 3 aromatic rings. The van der Waals surface area contributed by atoms with Crippen LogP contribution in [0.25, 0.3) is 11.3 Å². The second-order valence-corrected chi connectivity index (χ2v) is 10.2. The van der Waals surface area contributed by atoms with Gasteiger partial charge in [-0.05, 0) is 35.9 Å². The second kappa shape index (κ2) is 8.79. The third kappa shape index (κ3) is 4.38. The van der Waals surface area contributed by atoms with Crippen molar-refractivity contribution in [3.63, 3.8) is 0 Å². The number of nitrogens with one attached hydrogen (secondary N) is 1. The minimum absolute atomic E-state index is 0.0643. The van der Waals surface area contributed by atoms with E-state index in [2.05, 4.69) is 22.4 Å². The maximum Gasteiger partial charge on any atom is 0.264 e. The summed E-state index contributed by atoms with van der Waals surface area (Å²) >= 11 is 5.30. The van der Waals surface area contributed by atoms with Crippen LogP contribution in [0.5, 0.6) is 17.2 Å². The number of hydrogen-bond acceptors (Lipinski definition) is 8. The van der Waals surface area contributed by atoms with Gasteiger partial charge in [-0.2, -0.15) is 0 Å². The number of fused-ring (bicyclic) bond motifs is 1. The highest BCUT2D eigenvalue weighted by Gasteiger charge is 2.18. The van der Waals surface area contributed by atoms with Gasteiger partial charge in [0.15, 0.2) is 23.2 Å². The van der Waals surface area contributed by atoms with Gasteiger partial charge >= 0.3 is 0 Å². The van der Waals surface area contributed by atoms with Gasteiger partial charge in [-0.15, -0.1) is 34.9 Å². The van der Waals surface area contributed by atoms with Gasteiger partial charge in [-0.1, -0.05) is 12.1 Å². The third-order valence-corrected chi connectivity index (χ3v) is 8.42. The van der Waals surface area contributed by atoms with Crippen molar-refractivity contribution < 1.29 is 19.0 Å². The number of thioether (sulfide) groups is 2. The van der Waals surface area contributed by atoms with E-state index in [4.69, 9.17) is 14.2 Å². The molecule has 1 N–H and O–H groups in total. The molecule has 5 rings (SSSR count). The van der Waals surface area contributed by atoms with E-state index in [9.17, 15) is 4.79 Å².